The van der Waals surface area contributed by atoms with Gasteiger partial charge in [0.25, 0.3) is 0 Å². The van der Waals surface area contributed by atoms with E-state index < -0.39 is 0 Å². The average molecular weight is 272 g/mol. The highest BCUT2D eigenvalue weighted by Gasteiger charge is 2.30. The van der Waals surface area contributed by atoms with Crippen LogP contribution in [0, 0.1) is 0 Å². The lowest BCUT2D eigenvalue weighted by Gasteiger charge is -2.03. The van der Waals surface area contributed by atoms with Gasteiger partial charge in [0, 0.05) is 27.7 Å². The molecule has 0 radical (unpaired) electrons. The molecule has 0 N–H and O–H groups in total. The number of hydrogen-bond donors (Lipinski definition) is 0. The molecule has 0 fully saturated rings. The van der Waals surface area contributed by atoms with Crippen molar-refractivity contribution < 1.29 is 23.9 Å². The van der Waals surface area contributed by atoms with Crippen molar-refractivity contribution in [3.05, 3.63) is 42.5 Å². The van der Waals surface area contributed by atoms with Crippen molar-refractivity contribution in [2.24, 2.45) is 0 Å². The standard InChI is InChI=1S/C15H16N2O3/c1-18-11-8-9-14-15(10-11)17(20-3)13-7-5-4-6-12(13)16(14)19-2/h4-10H,1-3H3/q+2. The number of nitrogens with zero attached hydrogens (tertiary/aromatic N) is 2. The van der Waals surface area contributed by atoms with Crippen LogP contribution in [0.4, 0.5) is 0 Å². The third kappa shape index (κ3) is 1.71. The number of fused-ring (bicyclic) bond motifs is 2. The van der Waals surface area contributed by atoms with Crippen molar-refractivity contribution in [2.75, 3.05) is 21.3 Å². The van der Waals surface area contributed by atoms with Crippen molar-refractivity contribution in [1.29, 1.82) is 0 Å². The molecule has 102 valence electrons. The van der Waals surface area contributed by atoms with Crippen molar-refractivity contribution in [1.82, 2.24) is 0 Å². The zero-order valence-corrected chi connectivity index (χ0v) is 11.7. The quantitative estimate of drug-likeness (QED) is 0.520. The summed E-state index contributed by atoms with van der Waals surface area (Å²) in [5, 5.41) is 0. The molecular formula is C15H16N2O3+2. The first-order chi connectivity index (χ1) is 9.80. The molecule has 1 aromatic heterocycles. The van der Waals surface area contributed by atoms with Crippen LogP contribution < -0.4 is 23.9 Å². The molecule has 3 aromatic rings. The maximum atomic E-state index is 5.53. The number of aromatic nitrogens is 2. The van der Waals surface area contributed by atoms with Crippen LogP contribution in [0.5, 0.6) is 5.75 Å². The maximum absolute atomic E-state index is 5.53. The van der Waals surface area contributed by atoms with Crippen LogP contribution in [0.1, 0.15) is 0 Å². The van der Waals surface area contributed by atoms with Crippen LogP contribution in [0.3, 0.4) is 0 Å². The maximum Gasteiger partial charge on any atom is 0.337 e. The van der Waals surface area contributed by atoms with E-state index in [4.69, 9.17) is 14.4 Å². The first-order valence-corrected chi connectivity index (χ1v) is 6.25. The highest BCUT2D eigenvalue weighted by Crippen LogP contribution is 2.17. The fraction of sp³-hybridized carbons (Fsp3) is 0.200. The van der Waals surface area contributed by atoms with Gasteiger partial charge in [-0.15, -0.1) is 0 Å². The Morgan fingerprint density at radius 1 is 0.700 bits per heavy atom. The second-order valence-corrected chi connectivity index (χ2v) is 4.30. The summed E-state index contributed by atoms with van der Waals surface area (Å²) in [6.07, 6.45) is 0. The van der Waals surface area contributed by atoms with Crippen LogP contribution in [0.15, 0.2) is 42.5 Å². The zero-order chi connectivity index (χ0) is 14.1. The van der Waals surface area contributed by atoms with E-state index in [2.05, 4.69) is 0 Å². The first-order valence-electron chi connectivity index (χ1n) is 6.25. The highest BCUT2D eigenvalue weighted by molar-refractivity contribution is 5.76. The first kappa shape index (κ1) is 12.5. The molecule has 0 aliphatic rings. The summed E-state index contributed by atoms with van der Waals surface area (Å²) in [7, 11) is 4.93. The SMILES string of the molecule is COc1ccc2c(c1)[n+](OC)c1ccccc1[n+]2OC. The molecule has 0 aliphatic carbocycles. The summed E-state index contributed by atoms with van der Waals surface area (Å²) in [6.45, 7) is 0. The summed E-state index contributed by atoms with van der Waals surface area (Å²) in [6, 6.07) is 13.6. The summed E-state index contributed by atoms with van der Waals surface area (Å²) < 4.78 is 8.83. The predicted octanol–water partition coefficient (Wildman–Crippen LogP) is 0.693. The molecule has 0 saturated carbocycles. The number of para-hydroxylation sites is 2. The molecule has 0 aliphatic heterocycles. The lowest BCUT2D eigenvalue weighted by molar-refractivity contribution is -0.875. The minimum absolute atomic E-state index is 0.765. The summed E-state index contributed by atoms with van der Waals surface area (Å²) >= 11 is 0. The van der Waals surface area contributed by atoms with E-state index in [1.54, 1.807) is 30.8 Å². The summed E-state index contributed by atoms with van der Waals surface area (Å²) in [5.74, 6) is 0.765. The third-order valence-electron chi connectivity index (χ3n) is 3.30. The molecule has 0 unspecified atom stereocenters. The van der Waals surface area contributed by atoms with Gasteiger partial charge >= 0.3 is 22.1 Å². The van der Waals surface area contributed by atoms with Gasteiger partial charge in [-0.05, 0) is 6.07 Å². The van der Waals surface area contributed by atoms with Crippen molar-refractivity contribution in [3.63, 3.8) is 0 Å². The van der Waals surface area contributed by atoms with E-state index in [0.717, 1.165) is 27.8 Å². The molecule has 0 amide bonds. The van der Waals surface area contributed by atoms with E-state index in [0.29, 0.717) is 0 Å². The monoisotopic (exact) mass is 272 g/mol. The molecule has 5 heteroatoms. The Labute approximate surface area is 116 Å². The van der Waals surface area contributed by atoms with Crippen molar-refractivity contribution in [2.45, 2.75) is 0 Å². The van der Waals surface area contributed by atoms with Crippen molar-refractivity contribution >= 4 is 22.1 Å². The van der Waals surface area contributed by atoms with E-state index in [-0.39, 0.29) is 0 Å². The minimum atomic E-state index is 0.765. The van der Waals surface area contributed by atoms with Crippen LogP contribution in [0.2, 0.25) is 0 Å². The highest BCUT2D eigenvalue weighted by atomic mass is 16.7. The van der Waals surface area contributed by atoms with Gasteiger partial charge in [0.05, 0.1) is 13.2 Å². The van der Waals surface area contributed by atoms with Gasteiger partial charge in [-0.3, -0.25) is 9.68 Å². The lowest BCUT2D eigenvalue weighted by Crippen LogP contribution is -2.51. The fourth-order valence-corrected chi connectivity index (χ4v) is 2.43. The number of rotatable bonds is 3. The Hall–Kier alpha value is -2.56. The van der Waals surface area contributed by atoms with E-state index >= 15 is 0 Å². The smallest absolute Gasteiger partial charge is 0.337 e. The normalized spacial score (nSPS) is 10.8. The van der Waals surface area contributed by atoms with Crippen molar-refractivity contribution in [3.8, 4) is 5.75 Å². The Morgan fingerprint density at radius 2 is 1.25 bits per heavy atom. The molecule has 20 heavy (non-hydrogen) atoms. The van der Waals surface area contributed by atoms with Gasteiger partial charge in [0.1, 0.15) is 20.0 Å². The molecule has 0 saturated heterocycles. The number of benzene rings is 2. The Balaban J connectivity index is 2.54. The third-order valence-corrected chi connectivity index (χ3v) is 3.30. The Bertz CT molecular complexity index is 787. The second-order valence-electron chi connectivity index (χ2n) is 4.30. The van der Waals surface area contributed by atoms with E-state index in [9.17, 15) is 0 Å². The molecule has 5 nitrogen and oxygen atoms in total. The Morgan fingerprint density at radius 3 is 1.80 bits per heavy atom. The number of methoxy groups -OCH3 is 1. The molecule has 3 rings (SSSR count). The van der Waals surface area contributed by atoms with E-state index in [1.807, 2.05) is 42.5 Å². The largest absolute Gasteiger partial charge is 0.496 e. The number of hydrogen-bond acceptors (Lipinski definition) is 3. The lowest BCUT2D eigenvalue weighted by atomic mass is 10.2. The predicted molar refractivity (Wildman–Crippen MR) is 73.4 cm³/mol. The molecule has 0 atom stereocenters. The van der Waals surface area contributed by atoms with Gasteiger partial charge < -0.3 is 4.74 Å². The van der Waals surface area contributed by atoms with Crippen LogP contribution in [-0.2, 0) is 0 Å². The average Bonchev–Trinajstić information content (AvgIpc) is 2.51. The minimum Gasteiger partial charge on any atom is -0.496 e. The Kier molecular flexibility index (Phi) is 3.02. The molecule has 2 aromatic carbocycles. The van der Waals surface area contributed by atoms with Crippen LogP contribution >= 0.6 is 0 Å². The van der Waals surface area contributed by atoms with Gasteiger partial charge in [-0.2, -0.15) is 0 Å². The van der Waals surface area contributed by atoms with Gasteiger partial charge in [-0.25, -0.2) is 0 Å². The summed E-state index contributed by atoms with van der Waals surface area (Å²) in [5.41, 5.74) is 3.60. The molecule has 0 bridgehead atoms. The second kappa shape index (κ2) is 4.85. The molecular weight excluding hydrogens is 256 g/mol. The molecule has 1 heterocycles. The topological polar surface area (TPSA) is 35.5 Å². The van der Waals surface area contributed by atoms with Gasteiger partial charge in [-0.1, -0.05) is 12.1 Å². The van der Waals surface area contributed by atoms with Crippen LogP contribution in [-0.4, -0.2) is 21.3 Å². The van der Waals surface area contributed by atoms with Crippen LogP contribution in [0.25, 0.3) is 22.1 Å². The molecule has 0 spiro atoms. The van der Waals surface area contributed by atoms with E-state index in [1.165, 1.54) is 0 Å². The summed E-state index contributed by atoms with van der Waals surface area (Å²) in [4.78, 5) is 11.1. The van der Waals surface area contributed by atoms with Gasteiger partial charge in [0.2, 0.25) is 0 Å². The zero-order valence-electron chi connectivity index (χ0n) is 11.7. The number of ether oxygens (including phenoxy) is 1. The van der Waals surface area contributed by atoms with Gasteiger partial charge in [0.15, 0.2) is 0 Å². The fourth-order valence-electron chi connectivity index (χ4n) is 2.43.